The van der Waals surface area contributed by atoms with Crippen LogP contribution in [0, 0.1) is 11.3 Å². The fourth-order valence-electron chi connectivity index (χ4n) is 2.57. The highest BCUT2D eigenvalue weighted by Gasteiger charge is 2.14. The van der Waals surface area contributed by atoms with Crippen LogP contribution >= 0.6 is 0 Å². The van der Waals surface area contributed by atoms with Gasteiger partial charge in [0.15, 0.2) is 11.5 Å². The number of carbonyl (C=O) groups excluding carboxylic acids is 1. The van der Waals surface area contributed by atoms with Crippen molar-refractivity contribution in [3.63, 3.8) is 0 Å². The van der Waals surface area contributed by atoms with E-state index < -0.39 is 0 Å². The van der Waals surface area contributed by atoms with Crippen molar-refractivity contribution in [3.8, 4) is 17.6 Å². The summed E-state index contributed by atoms with van der Waals surface area (Å²) < 4.78 is 10.7. The molecular weight excluding hydrogens is 318 g/mol. The van der Waals surface area contributed by atoms with Crippen LogP contribution in [0.2, 0.25) is 0 Å². The first-order chi connectivity index (χ1) is 12.1. The number of nitriles is 1. The van der Waals surface area contributed by atoms with Gasteiger partial charge in [0, 0.05) is 25.2 Å². The highest BCUT2D eigenvalue weighted by atomic mass is 16.7. The molecule has 3 rings (SSSR count). The van der Waals surface area contributed by atoms with Crippen molar-refractivity contribution >= 4 is 11.6 Å². The van der Waals surface area contributed by atoms with Gasteiger partial charge in [-0.3, -0.25) is 4.79 Å². The van der Waals surface area contributed by atoms with Crippen molar-refractivity contribution < 1.29 is 14.3 Å². The summed E-state index contributed by atoms with van der Waals surface area (Å²) in [7, 11) is 1.97. The van der Waals surface area contributed by atoms with Gasteiger partial charge in [-0.1, -0.05) is 6.07 Å². The second-order valence-electron chi connectivity index (χ2n) is 5.91. The van der Waals surface area contributed by atoms with Gasteiger partial charge in [-0.25, -0.2) is 0 Å². The van der Waals surface area contributed by atoms with E-state index in [0.29, 0.717) is 24.2 Å². The molecule has 1 aliphatic heterocycles. The second kappa shape index (κ2) is 7.69. The molecule has 2 aromatic rings. The van der Waals surface area contributed by atoms with Crippen molar-refractivity contribution in [1.29, 1.82) is 5.26 Å². The Bertz CT molecular complexity index is 797. The van der Waals surface area contributed by atoms with E-state index in [4.69, 9.17) is 14.7 Å². The highest BCUT2D eigenvalue weighted by Crippen LogP contribution is 2.32. The lowest BCUT2D eigenvalue weighted by Gasteiger charge is -2.16. The zero-order valence-corrected chi connectivity index (χ0v) is 14.0. The number of rotatable bonds is 6. The average molecular weight is 337 g/mol. The zero-order valence-electron chi connectivity index (χ0n) is 14.0. The normalized spacial score (nSPS) is 12.0. The van der Waals surface area contributed by atoms with Crippen LogP contribution in [0.4, 0.5) is 5.69 Å². The number of ether oxygens (including phenoxy) is 2. The average Bonchev–Trinajstić information content (AvgIpc) is 3.08. The number of carbonyl (C=O) groups is 1. The first kappa shape index (κ1) is 16.8. The number of fused-ring (bicyclic) bond motifs is 1. The predicted molar refractivity (Wildman–Crippen MR) is 93.3 cm³/mol. The molecule has 2 aromatic carbocycles. The zero-order chi connectivity index (χ0) is 17.6. The van der Waals surface area contributed by atoms with Gasteiger partial charge in [0.25, 0.3) is 0 Å². The molecule has 0 unspecified atom stereocenters. The van der Waals surface area contributed by atoms with Gasteiger partial charge >= 0.3 is 0 Å². The van der Waals surface area contributed by atoms with Crippen molar-refractivity contribution in [1.82, 2.24) is 4.90 Å². The number of anilines is 1. The molecule has 6 heteroatoms. The smallest absolute Gasteiger partial charge is 0.231 e. The summed E-state index contributed by atoms with van der Waals surface area (Å²) in [6.07, 6.45) is 0.390. The Morgan fingerprint density at radius 3 is 2.72 bits per heavy atom. The summed E-state index contributed by atoms with van der Waals surface area (Å²) in [5, 5.41) is 11.6. The summed E-state index contributed by atoms with van der Waals surface area (Å²) in [6.45, 7) is 1.63. The third-order valence-corrected chi connectivity index (χ3v) is 3.91. The molecule has 128 valence electrons. The molecule has 0 radical (unpaired) electrons. The van der Waals surface area contributed by atoms with E-state index in [0.717, 1.165) is 23.6 Å². The van der Waals surface area contributed by atoms with Crippen LogP contribution in [0.3, 0.4) is 0 Å². The third kappa shape index (κ3) is 4.49. The maximum Gasteiger partial charge on any atom is 0.231 e. The highest BCUT2D eigenvalue weighted by molar-refractivity contribution is 5.90. The minimum absolute atomic E-state index is 0.0535. The SMILES string of the molecule is CN(CCC(=O)Nc1ccc(C#N)cc1)Cc1ccc2c(c1)OCO2. The molecule has 0 saturated heterocycles. The standard InChI is InChI=1S/C19H19N3O3/c1-22(12-15-4-7-17-18(10-15)25-13-24-17)9-8-19(23)21-16-5-2-14(11-20)3-6-16/h2-7,10H,8-9,12-13H2,1H3,(H,21,23). The van der Waals surface area contributed by atoms with Gasteiger partial charge in [-0.05, 0) is 49.0 Å². The first-order valence-corrected chi connectivity index (χ1v) is 8.01. The Morgan fingerprint density at radius 1 is 1.20 bits per heavy atom. The Hall–Kier alpha value is -3.04. The maximum absolute atomic E-state index is 12.0. The second-order valence-corrected chi connectivity index (χ2v) is 5.91. The fourth-order valence-corrected chi connectivity index (χ4v) is 2.57. The Kier molecular flexibility index (Phi) is 5.17. The van der Waals surface area contributed by atoms with E-state index in [-0.39, 0.29) is 12.7 Å². The minimum atomic E-state index is -0.0535. The van der Waals surface area contributed by atoms with Gasteiger partial charge in [-0.2, -0.15) is 5.26 Å². The molecular formula is C19H19N3O3. The van der Waals surface area contributed by atoms with Gasteiger partial charge in [0.1, 0.15) is 0 Å². The summed E-state index contributed by atoms with van der Waals surface area (Å²) in [4.78, 5) is 14.1. The first-order valence-electron chi connectivity index (χ1n) is 8.01. The quantitative estimate of drug-likeness (QED) is 0.877. The molecule has 6 nitrogen and oxygen atoms in total. The molecule has 25 heavy (non-hydrogen) atoms. The summed E-state index contributed by atoms with van der Waals surface area (Å²) in [5.74, 6) is 1.49. The van der Waals surface area contributed by atoms with E-state index in [2.05, 4.69) is 16.3 Å². The van der Waals surface area contributed by atoms with Gasteiger partial charge in [0.05, 0.1) is 11.6 Å². The maximum atomic E-state index is 12.0. The van der Waals surface area contributed by atoms with Crippen molar-refractivity contribution in [2.24, 2.45) is 0 Å². The minimum Gasteiger partial charge on any atom is -0.454 e. The van der Waals surface area contributed by atoms with Crippen LogP contribution in [0.15, 0.2) is 42.5 Å². The number of benzene rings is 2. The molecule has 1 N–H and O–H groups in total. The molecule has 0 aliphatic carbocycles. The lowest BCUT2D eigenvalue weighted by molar-refractivity contribution is -0.116. The topological polar surface area (TPSA) is 74.6 Å². The van der Waals surface area contributed by atoms with Crippen molar-refractivity contribution in [2.75, 3.05) is 25.7 Å². The monoisotopic (exact) mass is 337 g/mol. The molecule has 1 amide bonds. The lowest BCUT2D eigenvalue weighted by Crippen LogP contribution is -2.24. The Balaban J connectivity index is 1.45. The van der Waals surface area contributed by atoms with E-state index >= 15 is 0 Å². The molecule has 0 atom stereocenters. The number of nitrogens with zero attached hydrogens (tertiary/aromatic N) is 2. The molecule has 0 bridgehead atoms. The third-order valence-electron chi connectivity index (χ3n) is 3.91. The molecule has 0 aromatic heterocycles. The molecule has 0 spiro atoms. The van der Waals surface area contributed by atoms with Crippen LogP contribution in [-0.2, 0) is 11.3 Å². The largest absolute Gasteiger partial charge is 0.454 e. The Morgan fingerprint density at radius 2 is 1.96 bits per heavy atom. The number of hydrogen-bond acceptors (Lipinski definition) is 5. The molecule has 0 fully saturated rings. The summed E-state index contributed by atoms with van der Waals surface area (Å²) >= 11 is 0. The number of amides is 1. The summed E-state index contributed by atoms with van der Waals surface area (Å²) in [6, 6.07) is 14.7. The molecule has 1 aliphatic rings. The van der Waals surface area contributed by atoms with Crippen molar-refractivity contribution in [3.05, 3.63) is 53.6 Å². The Labute approximate surface area is 146 Å². The lowest BCUT2D eigenvalue weighted by atomic mass is 10.2. The van der Waals surface area contributed by atoms with E-state index in [1.165, 1.54) is 0 Å². The van der Waals surface area contributed by atoms with Crippen LogP contribution in [0.25, 0.3) is 0 Å². The number of hydrogen-bond donors (Lipinski definition) is 1. The van der Waals surface area contributed by atoms with Gasteiger partial charge < -0.3 is 19.7 Å². The predicted octanol–water partition coefficient (Wildman–Crippen LogP) is 2.75. The van der Waals surface area contributed by atoms with Crippen LogP contribution in [0.1, 0.15) is 17.5 Å². The van der Waals surface area contributed by atoms with Gasteiger partial charge in [-0.15, -0.1) is 0 Å². The van der Waals surface area contributed by atoms with Crippen LogP contribution < -0.4 is 14.8 Å². The van der Waals surface area contributed by atoms with E-state index in [1.54, 1.807) is 24.3 Å². The van der Waals surface area contributed by atoms with E-state index in [9.17, 15) is 4.79 Å². The molecule has 1 heterocycles. The fraction of sp³-hybridized carbons (Fsp3) is 0.263. The molecule has 0 saturated carbocycles. The van der Waals surface area contributed by atoms with E-state index in [1.807, 2.05) is 25.2 Å². The van der Waals surface area contributed by atoms with Crippen LogP contribution in [0.5, 0.6) is 11.5 Å². The summed E-state index contributed by atoms with van der Waals surface area (Å²) in [5.41, 5.74) is 2.38. The van der Waals surface area contributed by atoms with Gasteiger partial charge in [0.2, 0.25) is 12.7 Å². The van der Waals surface area contributed by atoms with Crippen molar-refractivity contribution in [2.45, 2.75) is 13.0 Å². The number of nitrogens with one attached hydrogen (secondary N) is 1. The van der Waals surface area contributed by atoms with Crippen LogP contribution in [-0.4, -0.2) is 31.2 Å².